The quantitative estimate of drug-likeness (QED) is 0.410. The normalized spacial score (nSPS) is 19.8. The van der Waals surface area contributed by atoms with Crippen molar-refractivity contribution in [2.24, 2.45) is 0 Å². The van der Waals surface area contributed by atoms with Crippen LogP contribution in [0.3, 0.4) is 0 Å². The maximum atomic E-state index is 11.5. The molecule has 0 radical (unpaired) electrons. The maximum absolute atomic E-state index is 11.5. The van der Waals surface area contributed by atoms with Crippen LogP contribution < -0.4 is 9.64 Å². The van der Waals surface area contributed by atoms with Crippen LogP contribution in [0.25, 0.3) is 0 Å². The molecule has 0 atom stereocenters. The molecule has 168 valence electrons. The van der Waals surface area contributed by atoms with Gasteiger partial charge in [-0.15, -0.1) is 0 Å². The zero-order chi connectivity index (χ0) is 21.9. The topological polar surface area (TPSA) is 96.2 Å². The lowest BCUT2D eigenvalue weighted by molar-refractivity contribution is -0.384. The highest BCUT2D eigenvalue weighted by Gasteiger charge is 2.30. The molecule has 2 fully saturated rings. The molecule has 11 heteroatoms. The summed E-state index contributed by atoms with van der Waals surface area (Å²) in [7, 11) is -1.38. The average Bonchev–Trinajstić information content (AvgIpc) is 2.72. The molecule has 9 nitrogen and oxygen atoms in total. The fourth-order valence-electron chi connectivity index (χ4n) is 4.21. The van der Waals surface area contributed by atoms with Gasteiger partial charge in [0.1, 0.15) is 21.3 Å². The Kier molecular flexibility index (Phi) is 7.59. The summed E-state index contributed by atoms with van der Waals surface area (Å²) in [5.41, 5.74) is 0.685. The van der Waals surface area contributed by atoms with Gasteiger partial charge in [-0.3, -0.25) is 19.9 Å². The third-order valence-corrected chi connectivity index (χ3v) is 7.50. The van der Waals surface area contributed by atoms with E-state index in [9.17, 15) is 18.5 Å². The van der Waals surface area contributed by atoms with E-state index >= 15 is 0 Å². The highest BCUT2D eigenvalue weighted by Crippen LogP contribution is 2.39. The van der Waals surface area contributed by atoms with E-state index in [0.717, 1.165) is 52.1 Å². The number of hydrogen-bond donors (Lipinski definition) is 0. The lowest BCUT2D eigenvalue weighted by Crippen LogP contribution is -2.53. The molecule has 0 saturated carbocycles. The Hall–Kier alpha value is -1.43. The molecule has 0 aromatic heterocycles. The van der Waals surface area contributed by atoms with Crippen molar-refractivity contribution in [3.63, 3.8) is 0 Å². The Morgan fingerprint density at radius 2 is 1.80 bits per heavy atom. The van der Waals surface area contributed by atoms with Crippen LogP contribution >= 0.6 is 15.9 Å². The van der Waals surface area contributed by atoms with Crippen LogP contribution in [0.1, 0.15) is 12.8 Å². The molecule has 1 aromatic carbocycles. The summed E-state index contributed by atoms with van der Waals surface area (Å²) in [6, 6.07) is 3.70. The van der Waals surface area contributed by atoms with Gasteiger partial charge in [-0.1, -0.05) is 0 Å². The molecule has 0 bridgehead atoms. The summed E-state index contributed by atoms with van der Waals surface area (Å²) in [6.45, 7) is 5.73. The minimum absolute atomic E-state index is 0.0839. The molecule has 0 N–H and O–H groups in total. The van der Waals surface area contributed by atoms with Crippen LogP contribution in [-0.2, 0) is 9.84 Å². The smallest absolute Gasteiger partial charge is 0.293 e. The van der Waals surface area contributed by atoms with Gasteiger partial charge in [0.05, 0.1) is 22.3 Å². The Labute approximate surface area is 186 Å². The molecule has 0 unspecified atom stereocenters. The third-order valence-electron chi connectivity index (χ3n) is 5.95. The zero-order valence-electron chi connectivity index (χ0n) is 17.4. The average molecular weight is 505 g/mol. The first-order valence-corrected chi connectivity index (χ1v) is 12.9. The number of nitro benzene ring substituents is 1. The van der Waals surface area contributed by atoms with Gasteiger partial charge in [0.25, 0.3) is 5.69 Å². The van der Waals surface area contributed by atoms with Crippen molar-refractivity contribution in [2.45, 2.75) is 18.9 Å². The van der Waals surface area contributed by atoms with Gasteiger partial charge in [0, 0.05) is 70.2 Å². The number of hydrogen-bond acceptors (Lipinski definition) is 8. The number of sulfone groups is 1. The van der Waals surface area contributed by atoms with Crippen molar-refractivity contribution in [2.75, 3.05) is 69.8 Å². The number of ether oxygens (including phenoxy) is 1. The number of anilines is 1. The second-order valence-corrected chi connectivity index (χ2v) is 11.1. The molecule has 2 aliphatic heterocycles. The standard InChI is InChI=1S/C19H29BrN4O5S/c1-29-19-14-17(18(24(25)26)13-16(19)20)23-5-3-15(4-6-23)22-9-7-21(8-10-22)11-12-30(2,27)28/h13-15H,3-12H2,1-2H3. The van der Waals surface area contributed by atoms with Crippen LogP contribution in [0.15, 0.2) is 16.6 Å². The van der Waals surface area contributed by atoms with Crippen molar-refractivity contribution in [1.29, 1.82) is 0 Å². The lowest BCUT2D eigenvalue weighted by Gasteiger charge is -2.43. The number of halogens is 1. The number of piperidine rings is 1. The van der Waals surface area contributed by atoms with E-state index in [1.807, 2.05) is 0 Å². The summed E-state index contributed by atoms with van der Waals surface area (Å²) in [4.78, 5) is 18.0. The summed E-state index contributed by atoms with van der Waals surface area (Å²) in [6.07, 6.45) is 3.17. The Balaban J connectivity index is 1.56. The summed E-state index contributed by atoms with van der Waals surface area (Å²) < 4.78 is 28.6. The molecule has 30 heavy (non-hydrogen) atoms. The van der Waals surface area contributed by atoms with E-state index in [1.165, 1.54) is 12.3 Å². The van der Waals surface area contributed by atoms with Crippen LogP contribution in [0.5, 0.6) is 5.75 Å². The van der Waals surface area contributed by atoms with E-state index in [4.69, 9.17) is 4.74 Å². The highest BCUT2D eigenvalue weighted by atomic mass is 79.9. The molecule has 0 spiro atoms. The van der Waals surface area contributed by atoms with Gasteiger partial charge in [-0.2, -0.15) is 0 Å². The monoisotopic (exact) mass is 504 g/mol. The van der Waals surface area contributed by atoms with E-state index in [0.29, 0.717) is 28.5 Å². The number of nitro groups is 1. The van der Waals surface area contributed by atoms with Crippen LogP contribution in [0.2, 0.25) is 0 Å². The molecule has 2 saturated heterocycles. The van der Waals surface area contributed by atoms with Gasteiger partial charge < -0.3 is 9.64 Å². The van der Waals surface area contributed by atoms with E-state index in [1.54, 1.807) is 13.2 Å². The van der Waals surface area contributed by atoms with E-state index < -0.39 is 9.84 Å². The largest absolute Gasteiger partial charge is 0.495 e. The van der Waals surface area contributed by atoms with Crippen LogP contribution in [0, 0.1) is 10.1 Å². The molecule has 2 aliphatic rings. The van der Waals surface area contributed by atoms with Crippen molar-refractivity contribution in [3.8, 4) is 5.75 Å². The number of piperazine rings is 1. The maximum Gasteiger partial charge on any atom is 0.293 e. The van der Waals surface area contributed by atoms with Gasteiger partial charge in [0.15, 0.2) is 0 Å². The van der Waals surface area contributed by atoms with Crippen molar-refractivity contribution in [3.05, 3.63) is 26.7 Å². The van der Waals surface area contributed by atoms with Gasteiger partial charge in [-0.05, 0) is 28.8 Å². The van der Waals surface area contributed by atoms with E-state index in [2.05, 4.69) is 30.6 Å². The molecule has 0 amide bonds. The minimum atomic E-state index is -2.93. The van der Waals surface area contributed by atoms with Gasteiger partial charge in [-0.25, -0.2) is 8.42 Å². The van der Waals surface area contributed by atoms with Crippen molar-refractivity contribution >= 4 is 37.1 Å². The Morgan fingerprint density at radius 1 is 1.17 bits per heavy atom. The SMILES string of the molecule is COc1cc(N2CCC(N3CCN(CCS(C)(=O)=O)CC3)CC2)c([N+](=O)[O-])cc1Br. The zero-order valence-corrected chi connectivity index (χ0v) is 19.8. The summed E-state index contributed by atoms with van der Waals surface area (Å²) in [5, 5.41) is 11.5. The molecule has 3 rings (SSSR count). The van der Waals surface area contributed by atoms with Gasteiger partial charge in [0.2, 0.25) is 0 Å². The third kappa shape index (κ3) is 5.83. The molecule has 1 aromatic rings. The Morgan fingerprint density at radius 3 is 2.33 bits per heavy atom. The molecule has 2 heterocycles. The van der Waals surface area contributed by atoms with Crippen molar-refractivity contribution in [1.82, 2.24) is 9.80 Å². The highest BCUT2D eigenvalue weighted by molar-refractivity contribution is 9.10. The van der Waals surface area contributed by atoms with Gasteiger partial charge >= 0.3 is 0 Å². The number of rotatable bonds is 7. The first-order valence-electron chi connectivity index (χ1n) is 10.1. The summed E-state index contributed by atoms with van der Waals surface area (Å²) >= 11 is 3.33. The van der Waals surface area contributed by atoms with Crippen LogP contribution in [-0.4, -0.2) is 94.1 Å². The molecule has 0 aliphatic carbocycles. The molecular weight excluding hydrogens is 476 g/mol. The Bertz CT molecular complexity index is 866. The number of nitrogens with zero attached hydrogens (tertiary/aromatic N) is 4. The van der Waals surface area contributed by atoms with E-state index in [-0.39, 0.29) is 16.4 Å². The summed E-state index contributed by atoms with van der Waals surface area (Å²) in [5.74, 6) is 0.795. The predicted molar refractivity (Wildman–Crippen MR) is 120 cm³/mol. The second kappa shape index (κ2) is 9.80. The fourth-order valence-corrected chi connectivity index (χ4v) is 5.29. The van der Waals surface area contributed by atoms with Crippen LogP contribution in [0.4, 0.5) is 11.4 Å². The first kappa shape index (κ1) is 23.2. The molecular formula is C19H29BrN4O5S. The van der Waals surface area contributed by atoms with Crippen molar-refractivity contribution < 1.29 is 18.1 Å². The predicted octanol–water partition coefficient (Wildman–Crippen LogP) is 2.00. The fraction of sp³-hybridized carbons (Fsp3) is 0.684. The first-order chi connectivity index (χ1) is 14.2. The minimum Gasteiger partial charge on any atom is -0.495 e. The number of methoxy groups -OCH3 is 1. The lowest BCUT2D eigenvalue weighted by atomic mass is 10.0. The second-order valence-electron chi connectivity index (χ2n) is 7.96. The number of benzene rings is 1.